The summed E-state index contributed by atoms with van der Waals surface area (Å²) in [6, 6.07) is 0.200. The third-order valence-corrected chi connectivity index (χ3v) is 5.35. The Bertz CT molecular complexity index is 864. The van der Waals surface area contributed by atoms with E-state index in [-0.39, 0.29) is 11.6 Å². The Morgan fingerprint density at radius 3 is 2.67 bits per heavy atom. The molecular weight excluding hydrogens is 324 g/mol. The van der Waals surface area contributed by atoms with Crippen LogP contribution in [-0.4, -0.2) is 16.2 Å². The molecule has 0 aliphatic heterocycles. The maximum atomic E-state index is 13.3. The smallest absolute Gasteiger partial charge is 0.262 e. The summed E-state index contributed by atoms with van der Waals surface area (Å²) in [4.78, 5) is 17.6. The zero-order valence-corrected chi connectivity index (χ0v) is 15.2. The van der Waals surface area contributed by atoms with Crippen LogP contribution in [0.4, 0.5) is 0 Å². The lowest BCUT2D eigenvalue weighted by Gasteiger charge is -2.22. The van der Waals surface area contributed by atoms with Crippen molar-refractivity contribution in [2.24, 2.45) is 0 Å². The molecule has 128 valence electrons. The number of pyridine rings is 2. The highest BCUT2D eigenvalue weighted by Crippen LogP contribution is 2.35. The van der Waals surface area contributed by atoms with Gasteiger partial charge in [0, 0.05) is 23.2 Å². The zero-order chi connectivity index (χ0) is 17.4. The van der Waals surface area contributed by atoms with Crippen molar-refractivity contribution in [1.29, 1.82) is 0 Å². The van der Waals surface area contributed by atoms with E-state index in [1.165, 1.54) is 0 Å². The number of nitrogens with zero attached hydrogens (tertiary/aromatic N) is 2. The van der Waals surface area contributed by atoms with Gasteiger partial charge in [-0.05, 0) is 39.2 Å². The fraction of sp³-hybridized carbons (Fsp3) is 0.474. The van der Waals surface area contributed by atoms with E-state index in [0.717, 1.165) is 47.7 Å². The molecule has 2 aromatic rings. The summed E-state index contributed by atoms with van der Waals surface area (Å²) in [6.07, 6.45) is 6.07. The molecule has 0 aromatic carbocycles. The van der Waals surface area contributed by atoms with Gasteiger partial charge in [-0.25, -0.2) is 4.98 Å². The van der Waals surface area contributed by atoms with Crippen molar-refractivity contribution >= 4 is 28.3 Å². The van der Waals surface area contributed by atoms with E-state index in [0.29, 0.717) is 23.1 Å². The summed E-state index contributed by atoms with van der Waals surface area (Å²) < 4.78 is 7.47. The first-order valence-corrected chi connectivity index (χ1v) is 8.87. The van der Waals surface area contributed by atoms with Gasteiger partial charge in [-0.2, -0.15) is 0 Å². The molecule has 4 nitrogen and oxygen atoms in total. The molecule has 0 unspecified atom stereocenters. The van der Waals surface area contributed by atoms with Gasteiger partial charge in [0.1, 0.15) is 10.9 Å². The number of hydrogen-bond donors (Lipinski definition) is 0. The molecule has 0 spiro atoms. The van der Waals surface area contributed by atoms with E-state index in [1.807, 2.05) is 25.3 Å². The molecule has 24 heavy (non-hydrogen) atoms. The lowest BCUT2D eigenvalue weighted by Crippen LogP contribution is -2.29. The molecule has 2 heterocycles. The number of hydrogen-bond acceptors (Lipinski definition) is 3. The van der Waals surface area contributed by atoms with E-state index < -0.39 is 0 Å². The predicted molar refractivity (Wildman–Crippen MR) is 98.7 cm³/mol. The second kappa shape index (κ2) is 6.60. The second-order valence-electron chi connectivity index (χ2n) is 6.41. The quantitative estimate of drug-likeness (QED) is 0.590. The van der Waals surface area contributed by atoms with Crippen LogP contribution in [0, 0.1) is 13.8 Å². The average Bonchev–Trinajstić information content (AvgIpc) is 3.05. The Morgan fingerprint density at radius 2 is 2.04 bits per heavy atom. The van der Waals surface area contributed by atoms with Gasteiger partial charge in [0.15, 0.2) is 0 Å². The average molecular weight is 347 g/mol. The molecule has 2 aromatic heterocycles. The van der Waals surface area contributed by atoms with Gasteiger partial charge in [-0.3, -0.25) is 4.79 Å². The van der Waals surface area contributed by atoms with Gasteiger partial charge < -0.3 is 9.30 Å². The van der Waals surface area contributed by atoms with Gasteiger partial charge in [-0.1, -0.05) is 31.0 Å². The molecule has 1 aliphatic carbocycles. The molecule has 0 saturated heterocycles. The molecule has 0 bridgehead atoms. The first-order chi connectivity index (χ1) is 11.5. The molecule has 1 fully saturated rings. The summed E-state index contributed by atoms with van der Waals surface area (Å²) in [5.41, 5.74) is 3.14. The second-order valence-corrected chi connectivity index (χ2v) is 6.76. The Kier molecular flexibility index (Phi) is 4.68. The lowest BCUT2D eigenvalue weighted by atomic mass is 10.0. The van der Waals surface area contributed by atoms with Crippen molar-refractivity contribution in [2.45, 2.75) is 52.5 Å². The van der Waals surface area contributed by atoms with E-state index in [4.69, 9.17) is 16.3 Å². The summed E-state index contributed by atoms with van der Waals surface area (Å²) >= 11 is 6.25. The third-order valence-electron chi connectivity index (χ3n) is 4.97. The molecule has 0 amide bonds. The molecule has 5 heteroatoms. The molecule has 0 N–H and O–H groups in total. The van der Waals surface area contributed by atoms with Gasteiger partial charge >= 0.3 is 0 Å². The zero-order valence-electron chi connectivity index (χ0n) is 14.5. The van der Waals surface area contributed by atoms with Crippen molar-refractivity contribution < 1.29 is 4.74 Å². The summed E-state index contributed by atoms with van der Waals surface area (Å²) in [5.74, 6) is 0.432. The van der Waals surface area contributed by atoms with Gasteiger partial charge in [0.2, 0.25) is 0 Å². The fourth-order valence-corrected chi connectivity index (χ4v) is 3.90. The largest absolute Gasteiger partial charge is 0.494 e. The number of rotatable bonds is 4. The SMILES string of the molecule is C=C(OCC)c1c(C)c2cnc(Cl)c(C)c2n(C2CCCC2)c1=O. The monoisotopic (exact) mass is 346 g/mol. The van der Waals surface area contributed by atoms with Crippen molar-refractivity contribution in [1.82, 2.24) is 9.55 Å². The number of halogens is 1. The first-order valence-electron chi connectivity index (χ1n) is 8.49. The van der Waals surface area contributed by atoms with Crippen LogP contribution < -0.4 is 5.56 Å². The highest BCUT2D eigenvalue weighted by Gasteiger charge is 2.26. The lowest BCUT2D eigenvalue weighted by molar-refractivity contribution is 0.298. The maximum absolute atomic E-state index is 13.3. The number of ether oxygens (including phenoxy) is 1. The predicted octanol–water partition coefficient (Wildman–Crippen LogP) is 4.79. The minimum Gasteiger partial charge on any atom is -0.494 e. The van der Waals surface area contributed by atoms with Crippen LogP contribution in [0.25, 0.3) is 16.7 Å². The van der Waals surface area contributed by atoms with Crippen LogP contribution >= 0.6 is 11.6 Å². The summed E-state index contributed by atoms with van der Waals surface area (Å²) in [5, 5.41) is 1.39. The van der Waals surface area contributed by atoms with Crippen molar-refractivity contribution in [3.8, 4) is 0 Å². The molecule has 1 aliphatic rings. The molecule has 0 atom stereocenters. The standard InChI is InChI=1S/C19H23ClN2O2/c1-5-24-13(4)16-11(2)15-10-21-18(20)12(3)17(15)22(19(16)23)14-8-6-7-9-14/h10,14H,4-9H2,1-3H3. The first kappa shape index (κ1) is 17.0. The Balaban J connectivity index is 2.42. The highest BCUT2D eigenvalue weighted by molar-refractivity contribution is 6.31. The van der Waals surface area contributed by atoms with E-state index in [1.54, 1.807) is 6.20 Å². The molecular formula is C19H23ClN2O2. The number of aromatic nitrogens is 2. The van der Waals surface area contributed by atoms with E-state index >= 15 is 0 Å². The topological polar surface area (TPSA) is 44.1 Å². The third kappa shape index (κ3) is 2.63. The van der Waals surface area contributed by atoms with Crippen LogP contribution in [0.3, 0.4) is 0 Å². The minimum absolute atomic E-state index is 0.0317. The van der Waals surface area contributed by atoms with Gasteiger partial charge in [0.05, 0.1) is 17.7 Å². The molecule has 0 radical (unpaired) electrons. The Morgan fingerprint density at radius 1 is 1.38 bits per heavy atom. The van der Waals surface area contributed by atoms with E-state index in [2.05, 4.69) is 11.6 Å². The maximum Gasteiger partial charge on any atom is 0.262 e. The number of aryl methyl sites for hydroxylation is 2. The molecule has 1 saturated carbocycles. The number of fused-ring (bicyclic) bond motifs is 1. The van der Waals surface area contributed by atoms with Crippen LogP contribution in [-0.2, 0) is 4.74 Å². The molecule has 3 rings (SSSR count). The highest BCUT2D eigenvalue weighted by atomic mass is 35.5. The minimum atomic E-state index is -0.0317. The fourth-order valence-electron chi connectivity index (χ4n) is 3.77. The van der Waals surface area contributed by atoms with Crippen LogP contribution in [0.15, 0.2) is 17.6 Å². The van der Waals surface area contributed by atoms with Crippen molar-refractivity contribution in [3.05, 3.63) is 45.0 Å². The van der Waals surface area contributed by atoms with Gasteiger partial charge in [-0.15, -0.1) is 0 Å². The normalized spacial score (nSPS) is 15.2. The Labute approximate surface area is 147 Å². The van der Waals surface area contributed by atoms with Crippen LogP contribution in [0.5, 0.6) is 0 Å². The van der Waals surface area contributed by atoms with Crippen LogP contribution in [0.2, 0.25) is 5.15 Å². The summed E-state index contributed by atoms with van der Waals surface area (Å²) in [6.45, 7) is 10.2. The van der Waals surface area contributed by atoms with Crippen molar-refractivity contribution in [3.63, 3.8) is 0 Å². The van der Waals surface area contributed by atoms with Crippen molar-refractivity contribution in [2.75, 3.05) is 6.61 Å². The summed E-state index contributed by atoms with van der Waals surface area (Å²) in [7, 11) is 0. The van der Waals surface area contributed by atoms with E-state index in [9.17, 15) is 4.79 Å². The Hall–Kier alpha value is -1.81. The van der Waals surface area contributed by atoms with Gasteiger partial charge in [0.25, 0.3) is 5.56 Å². The van der Waals surface area contributed by atoms with Crippen LogP contribution in [0.1, 0.15) is 55.3 Å².